The van der Waals surface area contributed by atoms with Gasteiger partial charge in [0, 0.05) is 5.92 Å². The summed E-state index contributed by atoms with van der Waals surface area (Å²) in [5.74, 6) is 0.168. The van der Waals surface area contributed by atoms with Crippen molar-refractivity contribution in [3.63, 3.8) is 0 Å². The van der Waals surface area contributed by atoms with Crippen LogP contribution in [-0.2, 0) is 25.4 Å². The molecule has 1 aliphatic carbocycles. The van der Waals surface area contributed by atoms with Crippen molar-refractivity contribution in [1.82, 2.24) is 0 Å². The molecule has 0 atom stereocenters. The van der Waals surface area contributed by atoms with Gasteiger partial charge in [0.25, 0.3) is 0 Å². The summed E-state index contributed by atoms with van der Waals surface area (Å²) < 4.78 is 38.5. The molecule has 3 heteroatoms. The molecule has 0 unspecified atom stereocenters. The molecular weight excluding hydrogens is 333 g/mol. The SMILES string of the molecule is FC(F)(F)c1ccc(CC2c3ccccc3CCc3ccccc32)cc1. The first-order valence-corrected chi connectivity index (χ1v) is 8.84. The van der Waals surface area contributed by atoms with Crippen molar-refractivity contribution in [3.05, 3.63) is 106 Å². The molecule has 0 N–H and O–H groups in total. The Bertz CT molecular complexity index is 860. The average Bonchev–Trinajstić information content (AvgIpc) is 2.79. The minimum atomic E-state index is -4.29. The third-order valence-corrected chi connectivity index (χ3v) is 5.25. The van der Waals surface area contributed by atoms with Gasteiger partial charge in [-0.2, -0.15) is 13.2 Å². The van der Waals surface area contributed by atoms with Crippen LogP contribution >= 0.6 is 0 Å². The number of alkyl halides is 3. The Morgan fingerprint density at radius 2 is 1.19 bits per heavy atom. The molecule has 1 aliphatic rings. The summed E-state index contributed by atoms with van der Waals surface area (Å²) in [5, 5.41) is 0. The van der Waals surface area contributed by atoms with Crippen molar-refractivity contribution in [2.75, 3.05) is 0 Å². The molecule has 0 aromatic heterocycles. The zero-order chi connectivity index (χ0) is 18.1. The second kappa shape index (κ2) is 6.64. The fourth-order valence-corrected chi connectivity index (χ4v) is 3.93. The molecule has 0 aliphatic heterocycles. The lowest BCUT2D eigenvalue weighted by Gasteiger charge is -2.21. The smallest absolute Gasteiger partial charge is 0.166 e. The van der Waals surface area contributed by atoms with Gasteiger partial charge in [0.15, 0.2) is 0 Å². The highest BCUT2D eigenvalue weighted by Crippen LogP contribution is 2.37. The van der Waals surface area contributed by atoms with Gasteiger partial charge in [-0.25, -0.2) is 0 Å². The summed E-state index contributed by atoms with van der Waals surface area (Å²) in [6.07, 6.45) is -1.60. The Balaban J connectivity index is 1.73. The van der Waals surface area contributed by atoms with E-state index in [0.29, 0.717) is 6.42 Å². The van der Waals surface area contributed by atoms with E-state index in [2.05, 4.69) is 36.4 Å². The number of rotatable bonds is 2. The molecule has 132 valence electrons. The van der Waals surface area contributed by atoms with E-state index in [1.54, 1.807) is 12.1 Å². The van der Waals surface area contributed by atoms with Crippen LogP contribution in [0.1, 0.15) is 39.3 Å². The molecule has 0 nitrogen and oxygen atoms in total. The van der Waals surface area contributed by atoms with Gasteiger partial charge in [0.1, 0.15) is 0 Å². The van der Waals surface area contributed by atoms with Crippen molar-refractivity contribution in [1.29, 1.82) is 0 Å². The van der Waals surface area contributed by atoms with Crippen molar-refractivity contribution >= 4 is 0 Å². The number of benzene rings is 3. The average molecular weight is 352 g/mol. The van der Waals surface area contributed by atoms with E-state index in [9.17, 15) is 13.2 Å². The molecule has 0 spiro atoms. The van der Waals surface area contributed by atoms with E-state index in [0.717, 1.165) is 18.4 Å². The second-order valence-electron chi connectivity index (χ2n) is 6.85. The van der Waals surface area contributed by atoms with Gasteiger partial charge in [-0.05, 0) is 59.2 Å². The van der Waals surface area contributed by atoms with Crippen molar-refractivity contribution in [2.24, 2.45) is 0 Å². The highest BCUT2D eigenvalue weighted by Gasteiger charge is 2.30. The van der Waals surface area contributed by atoms with Crippen LogP contribution in [0.15, 0.2) is 72.8 Å². The number of fused-ring (bicyclic) bond motifs is 2. The van der Waals surface area contributed by atoms with Crippen LogP contribution in [0.4, 0.5) is 13.2 Å². The van der Waals surface area contributed by atoms with E-state index in [-0.39, 0.29) is 5.92 Å². The topological polar surface area (TPSA) is 0 Å². The highest BCUT2D eigenvalue weighted by atomic mass is 19.4. The summed E-state index contributed by atoms with van der Waals surface area (Å²) in [6.45, 7) is 0. The van der Waals surface area contributed by atoms with Crippen LogP contribution in [0.3, 0.4) is 0 Å². The zero-order valence-corrected chi connectivity index (χ0v) is 14.3. The third kappa shape index (κ3) is 3.26. The Morgan fingerprint density at radius 3 is 1.69 bits per heavy atom. The molecule has 0 saturated carbocycles. The molecule has 0 fully saturated rings. The minimum absolute atomic E-state index is 0.168. The van der Waals surface area contributed by atoms with Gasteiger partial charge < -0.3 is 0 Å². The molecule has 4 rings (SSSR count). The minimum Gasteiger partial charge on any atom is -0.166 e. The molecule has 3 aromatic rings. The first kappa shape index (κ1) is 16.9. The summed E-state index contributed by atoms with van der Waals surface area (Å²) in [6, 6.07) is 22.5. The van der Waals surface area contributed by atoms with Gasteiger partial charge >= 0.3 is 6.18 Å². The maximum atomic E-state index is 12.8. The van der Waals surface area contributed by atoms with Crippen LogP contribution in [0.5, 0.6) is 0 Å². The fourth-order valence-electron chi connectivity index (χ4n) is 3.93. The Morgan fingerprint density at radius 1 is 0.692 bits per heavy atom. The maximum Gasteiger partial charge on any atom is 0.416 e. The van der Waals surface area contributed by atoms with E-state index >= 15 is 0 Å². The molecule has 0 bridgehead atoms. The molecule has 26 heavy (non-hydrogen) atoms. The quantitative estimate of drug-likeness (QED) is 0.517. The molecule has 0 radical (unpaired) electrons. The summed E-state index contributed by atoms with van der Waals surface area (Å²) in [7, 11) is 0. The number of hydrogen-bond donors (Lipinski definition) is 0. The number of halogens is 3. The molecule has 0 heterocycles. The largest absolute Gasteiger partial charge is 0.416 e. The van der Waals surface area contributed by atoms with E-state index in [1.165, 1.54) is 34.4 Å². The van der Waals surface area contributed by atoms with Crippen LogP contribution in [-0.4, -0.2) is 0 Å². The van der Waals surface area contributed by atoms with E-state index in [4.69, 9.17) is 0 Å². The van der Waals surface area contributed by atoms with Crippen LogP contribution in [0, 0.1) is 0 Å². The highest BCUT2D eigenvalue weighted by molar-refractivity contribution is 5.46. The van der Waals surface area contributed by atoms with Crippen molar-refractivity contribution in [3.8, 4) is 0 Å². The van der Waals surface area contributed by atoms with Gasteiger partial charge in [-0.3, -0.25) is 0 Å². The van der Waals surface area contributed by atoms with E-state index in [1.807, 2.05) is 12.1 Å². The molecule has 0 amide bonds. The first-order chi connectivity index (χ1) is 12.5. The zero-order valence-electron chi connectivity index (χ0n) is 14.3. The molecule has 3 aromatic carbocycles. The van der Waals surface area contributed by atoms with Gasteiger partial charge in [0.2, 0.25) is 0 Å². The fraction of sp³-hybridized carbons (Fsp3) is 0.217. The third-order valence-electron chi connectivity index (χ3n) is 5.25. The molecular formula is C23H19F3. The standard InChI is InChI=1S/C23H19F3/c24-23(25,26)19-13-9-16(10-14-19)15-22-20-7-3-1-5-17(20)11-12-18-6-2-4-8-21(18)22/h1-10,13-14,22H,11-12,15H2. The monoisotopic (exact) mass is 352 g/mol. The van der Waals surface area contributed by atoms with Crippen molar-refractivity contribution < 1.29 is 13.2 Å². The number of aryl methyl sites for hydroxylation is 2. The van der Waals surface area contributed by atoms with E-state index < -0.39 is 11.7 Å². The summed E-state index contributed by atoms with van der Waals surface area (Å²) in [5.41, 5.74) is 5.58. The predicted molar refractivity (Wildman–Crippen MR) is 97.3 cm³/mol. The number of hydrogen-bond acceptors (Lipinski definition) is 0. The van der Waals surface area contributed by atoms with Crippen LogP contribution in [0.25, 0.3) is 0 Å². The van der Waals surface area contributed by atoms with Crippen molar-refractivity contribution in [2.45, 2.75) is 31.4 Å². The van der Waals surface area contributed by atoms with Gasteiger partial charge in [-0.1, -0.05) is 60.7 Å². The lowest BCUT2D eigenvalue weighted by molar-refractivity contribution is -0.137. The van der Waals surface area contributed by atoms with Gasteiger partial charge in [-0.15, -0.1) is 0 Å². The maximum absolute atomic E-state index is 12.8. The Kier molecular flexibility index (Phi) is 4.31. The normalized spacial score (nSPS) is 14.4. The summed E-state index contributed by atoms with van der Waals surface area (Å²) in [4.78, 5) is 0. The Labute approximate surface area is 151 Å². The summed E-state index contributed by atoms with van der Waals surface area (Å²) >= 11 is 0. The van der Waals surface area contributed by atoms with Crippen LogP contribution in [0.2, 0.25) is 0 Å². The lowest BCUT2D eigenvalue weighted by atomic mass is 9.83. The lowest BCUT2D eigenvalue weighted by Crippen LogP contribution is -2.08. The van der Waals surface area contributed by atoms with Gasteiger partial charge in [0.05, 0.1) is 5.56 Å². The second-order valence-corrected chi connectivity index (χ2v) is 6.85. The molecule has 0 saturated heterocycles. The van der Waals surface area contributed by atoms with Crippen LogP contribution < -0.4 is 0 Å². The Hall–Kier alpha value is -2.55. The first-order valence-electron chi connectivity index (χ1n) is 8.84. The predicted octanol–water partition coefficient (Wildman–Crippen LogP) is 6.18.